The molecule has 0 bridgehead atoms. The van der Waals surface area contributed by atoms with Crippen molar-refractivity contribution < 1.29 is 18.7 Å². The smallest absolute Gasteiger partial charge is 0.198 e. The molecule has 0 unspecified atom stereocenters. The first-order valence-corrected chi connectivity index (χ1v) is 12.7. The second-order valence-corrected chi connectivity index (χ2v) is 9.88. The Labute approximate surface area is 224 Å². The number of halogens is 1. The van der Waals surface area contributed by atoms with Crippen molar-refractivity contribution in [2.75, 3.05) is 24.9 Å². The third-order valence-electron chi connectivity index (χ3n) is 7.26. The molecule has 38 heavy (non-hydrogen) atoms. The fraction of sp³-hybridized carbons (Fsp3) is 0.200. The van der Waals surface area contributed by atoms with E-state index in [4.69, 9.17) is 25.5 Å². The number of hydrogen-bond donors (Lipinski definition) is 2. The van der Waals surface area contributed by atoms with Gasteiger partial charge in [-0.2, -0.15) is 0 Å². The zero-order valence-electron chi connectivity index (χ0n) is 20.8. The lowest BCUT2D eigenvalue weighted by Crippen LogP contribution is -2.29. The second-order valence-electron chi connectivity index (χ2n) is 9.44. The van der Waals surface area contributed by atoms with E-state index in [0.717, 1.165) is 22.6 Å². The molecule has 2 N–H and O–H groups in total. The van der Waals surface area contributed by atoms with Crippen LogP contribution in [0.5, 0.6) is 11.5 Å². The number of fused-ring (bicyclic) bond motifs is 2. The van der Waals surface area contributed by atoms with Gasteiger partial charge in [0, 0.05) is 22.7 Å². The van der Waals surface area contributed by atoms with Crippen molar-refractivity contribution in [1.82, 2.24) is 0 Å². The molecule has 3 aromatic carbocycles. The van der Waals surface area contributed by atoms with Gasteiger partial charge in [0.05, 0.1) is 42.6 Å². The maximum absolute atomic E-state index is 13.9. The predicted octanol–water partition coefficient (Wildman–Crippen LogP) is 6.44. The molecule has 2 aliphatic rings. The summed E-state index contributed by atoms with van der Waals surface area (Å²) >= 11 is 6.18. The first-order valence-electron chi connectivity index (χ1n) is 12.3. The van der Waals surface area contributed by atoms with Gasteiger partial charge in [-0.3, -0.25) is 9.59 Å². The molecule has 8 heteroatoms. The number of rotatable bonds is 4. The first-order chi connectivity index (χ1) is 18.5. The summed E-state index contributed by atoms with van der Waals surface area (Å²) in [5.41, 5.74) is 4.46. The van der Waals surface area contributed by atoms with Gasteiger partial charge >= 0.3 is 0 Å². The van der Waals surface area contributed by atoms with Gasteiger partial charge in [-0.05, 0) is 60.4 Å². The predicted molar refractivity (Wildman–Crippen MR) is 147 cm³/mol. The van der Waals surface area contributed by atoms with Crippen molar-refractivity contribution in [3.63, 3.8) is 0 Å². The highest BCUT2D eigenvalue weighted by atomic mass is 35.5. The number of nitrogens with one attached hydrogen (secondary N) is 2. The fourth-order valence-electron chi connectivity index (χ4n) is 5.39. The molecule has 192 valence electrons. The minimum absolute atomic E-state index is 0.0468. The lowest BCUT2D eigenvalue weighted by atomic mass is 9.78. The summed E-state index contributed by atoms with van der Waals surface area (Å²) < 4.78 is 16.7. The number of allylic oxidation sites excluding steroid dienone is 1. The van der Waals surface area contributed by atoms with Gasteiger partial charge in [-0.25, -0.2) is 0 Å². The van der Waals surface area contributed by atoms with E-state index in [2.05, 4.69) is 10.6 Å². The van der Waals surface area contributed by atoms with E-state index >= 15 is 0 Å². The molecule has 0 amide bonds. The third kappa shape index (κ3) is 4.09. The van der Waals surface area contributed by atoms with Crippen LogP contribution in [0, 0.1) is 0 Å². The molecule has 7 nitrogen and oxygen atoms in total. The number of carbonyl (C=O) groups is 1. The summed E-state index contributed by atoms with van der Waals surface area (Å²) in [7, 11) is 3.19. The third-order valence-corrected chi connectivity index (χ3v) is 7.50. The quantitative estimate of drug-likeness (QED) is 0.315. The SMILES string of the molecule is COc1ccc([C@@H]2CC(=O)C3=C(C2)Nc2ccccc2N[C@H]3c2coc3ccc(Cl)cc3c2=O)cc1OC. The van der Waals surface area contributed by atoms with Crippen LogP contribution in [0.15, 0.2) is 87.4 Å². The Morgan fingerprint density at radius 1 is 0.921 bits per heavy atom. The normalized spacial score (nSPS) is 18.7. The lowest BCUT2D eigenvalue weighted by molar-refractivity contribution is -0.116. The number of methoxy groups -OCH3 is 2. The Morgan fingerprint density at radius 2 is 1.71 bits per heavy atom. The molecule has 0 radical (unpaired) electrons. The van der Waals surface area contributed by atoms with E-state index in [-0.39, 0.29) is 23.6 Å². The van der Waals surface area contributed by atoms with Crippen LogP contribution >= 0.6 is 11.6 Å². The van der Waals surface area contributed by atoms with Crippen LogP contribution < -0.4 is 25.5 Å². The summed E-state index contributed by atoms with van der Waals surface area (Å²) in [5, 5.41) is 7.75. The molecular weight excluding hydrogens is 504 g/mol. The van der Waals surface area contributed by atoms with E-state index < -0.39 is 6.04 Å². The van der Waals surface area contributed by atoms with E-state index in [0.29, 0.717) is 45.0 Å². The Balaban J connectivity index is 1.48. The van der Waals surface area contributed by atoms with E-state index in [9.17, 15) is 9.59 Å². The topological polar surface area (TPSA) is 89.8 Å². The average molecular weight is 529 g/mol. The number of hydrogen-bond acceptors (Lipinski definition) is 7. The zero-order valence-corrected chi connectivity index (χ0v) is 21.6. The summed E-state index contributed by atoms with van der Waals surface area (Å²) in [6.45, 7) is 0. The summed E-state index contributed by atoms with van der Waals surface area (Å²) in [6, 6.07) is 17.7. The number of carbonyl (C=O) groups excluding carboxylic acids is 1. The van der Waals surface area contributed by atoms with Crippen molar-refractivity contribution in [3.8, 4) is 11.5 Å². The van der Waals surface area contributed by atoms with E-state index in [1.165, 1.54) is 6.26 Å². The highest BCUT2D eigenvalue weighted by Crippen LogP contribution is 2.45. The van der Waals surface area contributed by atoms with E-state index in [1.54, 1.807) is 32.4 Å². The maximum atomic E-state index is 13.9. The van der Waals surface area contributed by atoms with Crippen LogP contribution in [0.4, 0.5) is 11.4 Å². The highest BCUT2D eigenvalue weighted by Gasteiger charge is 2.37. The fourth-order valence-corrected chi connectivity index (χ4v) is 5.56. The molecule has 6 rings (SSSR count). The molecule has 4 aromatic rings. The highest BCUT2D eigenvalue weighted by molar-refractivity contribution is 6.31. The van der Waals surface area contributed by atoms with Gasteiger partial charge in [0.1, 0.15) is 11.8 Å². The Kier molecular flexibility index (Phi) is 6.08. The molecule has 2 atom stereocenters. The summed E-state index contributed by atoms with van der Waals surface area (Å²) in [5.74, 6) is 1.12. The number of Topliss-reactive ketones (excluding diaryl/α,β-unsaturated/α-hetero) is 1. The van der Waals surface area contributed by atoms with Crippen molar-refractivity contribution in [1.29, 1.82) is 0 Å². The molecule has 0 spiro atoms. The van der Waals surface area contributed by atoms with Crippen LogP contribution in [-0.4, -0.2) is 20.0 Å². The van der Waals surface area contributed by atoms with Crippen LogP contribution in [0.3, 0.4) is 0 Å². The lowest BCUT2D eigenvalue weighted by Gasteiger charge is -2.29. The minimum atomic E-state index is -0.695. The first kappa shape index (κ1) is 24.1. The zero-order chi connectivity index (χ0) is 26.4. The molecule has 0 saturated carbocycles. The Morgan fingerprint density at radius 3 is 2.50 bits per heavy atom. The monoisotopic (exact) mass is 528 g/mol. The van der Waals surface area contributed by atoms with Gasteiger partial charge in [0.25, 0.3) is 0 Å². The molecule has 1 aliphatic carbocycles. The number of benzene rings is 3. The number of ketones is 1. The molecule has 1 aliphatic heterocycles. The largest absolute Gasteiger partial charge is 0.493 e. The van der Waals surface area contributed by atoms with Crippen molar-refractivity contribution in [2.45, 2.75) is 24.8 Å². The molecule has 2 heterocycles. The Bertz CT molecular complexity index is 1680. The standard InChI is InChI=1S/C30H25ClN2O5/c1-36-26-9-7-16(13-27(26)37-2)17-11-23-28(24(34)12-17)29(33-22-6-4-3-5-21(22)32-23)20-15-38-25-10-8-18(31)14-19(25)30(20)35/h3-10,13-15,17,29,32-33H,11-12H2,1-2H3/t17-,29-/m0/s1. The Hall–Kier alpha value is -4.23. The number of ether oxygens (including phenoxy) is 2. The molecule has 1 aromatic heterocycles. The van der Waals surface area contributed by atoms with Gasteiger partial charge in [-0.15, -0.1) is 0 Å². The molecule has 0 fully saturated rings. The van der Waals surface area contributed by atoms with Gasteiger partial charge in [-0.1, -0.05) is 29.8 Å². The molecular formula is C30H25ClN2O5. The van der Waals surface area contributed by atoms with Gasteiger partial charge in [0.15, 0.2) is 22.7 Å². The van der Waals surface area contributed by atoms with E-state index in [1.807, 2.05) is 42.5 Å². The summed E-state index contributed by atoms with van der Waals surface area (Å²) in [4.78, 5) is 27.5. The van der Waals surface area contributed by atoms with Crippen LogP contribution in [0.1, 0.15) is 35.9 Å². The van der Waals surface area contributed by atoms with Crippen LogP contribution in [0.2, 0.25) is 5.02 Å². The van der Waals surface area contributed by atoms with Gasteiger partial charge < -0.3 is 24.5 Å². The number of anilines is 2. The van der Waals surface area contributed by atoms with Crippen molar-refractivity contribution in [3.05, 3.63) is 105 Å². The van der Waals surface area contributed by atoms with Gasteiger partial charge in [0.2, 0.25) is 0 Å². The minimum Gasteiger partial charge on any atom is -0.493 e. The van der Waals surface area contributed by atoms with Crippen LogP contribution in [0.25, 0.3) is 11.0 Å². The van der Waals surface area contributed by atoms with Crippen molar-refractivity contribution in [2.24, 2.45) is 0 Å². The van der Waals surface area contributed by atoms with Crippen LogP contribution in [-0.2, 0) is 4.79 Å². The second kappa shape index (κ2) is 9.58. The number of para-hydroxylation sites is 2. The summed E-state index contributed by atoms with van der Waals surface area (Å²) in [6.07, 6.45) is 2.31. The average Bonchev–Trinajstić information content (AvgIpc) is 3.10. The molecule has 0 saturated heterocycles. The van der Waals surface area contributed by atoms with Crippen molar-refractivity contribution >= 4 is 39.7 Å². The maximum Gasteiger partial charge on any atom is 0.198 e.